The number of hydrogen-bond acceptors (Lipinski definition) is 2. The molecule has 90 valence electrons. The van der Waals surface area contributed by atoms with Crippen molar-refractivity contribution in [1.29, 1.82) is 0 Å². The van der Waals surface area contributed by atoms with E-state index in [1.54, 1.807) is 13.1 Å². The topological polar surface area (TPSA) is 41.6 Å². The summed E-state index contributed by atoms with van der Waals surface area (Å²) in [5, 5.41) is 0. The van der Waals surface area contributed by atoms with Crippen molar-refractivity contribution in [1.82, 2.24) is 15.0 Å². The van der Waals surface area contributed by atoms with Gasteiger partial charge in [-0.2, -0.15) is 13.2 Å². The van der Waals surface area contributed by atoms with Crippen LogP contribution in [0.3, 0.4) is 0 Å². The first-order valence-electron chi connectivity index (χ1n) is 5.32. The minimum Gasteiger partial charge on any atom is -0.341 e. The lowest BCUT2D eigenvalue weighted by molar-refractivity contribution is -0.161. The van der Waals surface area contributed by atoms with E-state index in [9.17, 15) is 13.2 Å². The van der Waals surface area contributed by atoms with Crippen molar-refractivity contribution in [3.05, 3.63) is 23.7 Å². The molecular weight excluding hydrogens is 231 g/mol. The smallest absolute Gasteiger partial charge is 0.341 e. The van der Waals surface area contributed by atoms with Gasteiger partial charge >= 0.3 is 6.18 Å². The summed E-state index contributed by atoms with van der Waals surface area (Å²) in [4.78, 5) is 11.0. The van der Waals surface area contributed by atoms with E-state index in [-0.39, 0.29) is 18.5 Å². The molecule has 2 heterocycles. The minimum absolute atomic E-state index is 0.141. The van der Waals surface area contributed by atoms with Gasteiger partial charge in [-0.1, -0.05) is 0 Å². The van der Waals surface area contributed by atoms with Crippen LogP contribution in [0.15, 0.2) is 12.3 Å². The molecule has 0 aromatic carbocycles. The molecule has 1 aliphatic rings. The van der Waals surface area contributed by atoms with E-state index in [1.807, 2.05) is 0 Å². The predicted molar refractivity (Wildman–Crippen MR) is 55.6 cm³/mol. The Kier molecular flexibility index (Phi) is 1.86. The highest BCUT2D eigenvalue weighted by Gasteiger charge is 2.65. The van der Waals surface area contributed by atoms with Crippen LogP contribution in [0.4, 0.5) is 13.2 Å². The first-order valence-corrected chi connectivity index (χ1v) is 5.32. The van der Waals surface area contributed by atoms with Crippen LogP contribution in [0.2, 0.25) is 0 Å². The molecule has 17 heavy (non-hydrogen) atoms. The van der Waals surface area contributed by atoms with E-state index in [2.05, 4.69) is 15.0 Å². The van der Waals surface area contributed by atoms with Crippen molar-refractivity contribution in [3.8, 4) is 0 Å². The Morgan fingerprint density at radius 2 is 2.06 bits per heavy atom. The van der Waals surface area contributed by atoms with E-state index in [4.69, 9.17) is 0 Å². The van der Waals surface area contributed by atoms with Crippen LogP contribution in [0.5, 0.6) is 0 Å². The highest BCUT2D eigenvalue weighted by molar-refractivity contribution is 5.72. The van der Waals surface area contributed by atoms with Gasteiger partial charge in [-0.3, -0.25) is 4.98 Å². The summed E-state index contributed by atoms with van der Waals surface area (Å²) in [7, 11) is 0. The number of nitrogens with one attached hydrogen (secondary N) is 1. The Balaban J connectivity index is 2.13. The van der Waals surface area contributed by atoms with Gasteiger partial charge in [-0.15, -0.1) is 0 Å². The van der Waals surface area contributed by atoms with E-state index in [1.165, 1.54) is 6.07 Å². The molecule has 3 nitrogen and oxygen atoms in total. The van der Waals surface area contributed by atoms with Gasteiger partial charge in [0.15, 0.2) is 5.65 Å². The van der Waals surface area contributed by atoms with Crippen molar-refractivity contribution in [2.45, 2.75) is 31.4 Å². The van der Waals surface area contributed by atoms with Gasteiger partial charge in [0.2, 0.25) is 0 Å². The third-order valence-corrected chi connectivity index (χ3v) is 3.26. The number of fused-ring (bicyclic) bond motifs is 1. The summed E-state index contributed by atoms with van der Waals surface area (Å²) in [5.74, 6) is 0. The highest BCUT2D eigenvalue weighted by atomic mass is 19.4. The number of hydrogen-bond donors (Lipinski definition) is 1. The largest absolute Gasteiger partial charge is 0.399 e. The lowest BCUT2D eigenvalue weighted by atomic mass is 10.0. The Hall–Kier alpha value is -1.59. The summed E-state index contributed by atoms with van der Waals surface area (Å²) >= 11 is 0. The number of alkyl halides is 3. The molecule has 0 bridgehead atoms. The number of aromatic amines is 1. The van der Waals surface area contributed by atoms with Crippen molar-refractivity contribution < 1.29 is 13.2 Å². The summed E-state index contributed by atoms with van der Waals surface area (Å²) < 4.78 is 38.8. The lowest BCUT2D eigenvalue weighted by Gasteiger charge is -2.17. The van der Waals surface area contributed by atoms with Gasteiger partial charge in [0, 0.05) is 11.9 Å². The normalized spacial score (nSPS) is 18.6. The monoisotopic (exact) mass is 241 g/mol. The van der Waals surface area contributed by atoms with Gasteiger partial charge in [-0.25, -0.2) is 4.98 Å². The Morgan fingerprint density at radius 1 is 1.35 bits per heavy atom. The zero-order valence-electron chi connectivity index (χ0n) is 9.10. The van der Waals surface area contributed by atoms with E-state index >= 15 is 0 Å². The maximum absolute atomic E-state index is 12.9. The third kappa shape index (κ3) is 1.43. The predicted octanol–water partition coefficient (Wildman–Crippen LogP) is 2.86. The number of H-pyrrole nitrogens is 1. The van der Waals surface area contributed by atoms with Crippen molar-refractivity contribution in [2.75, 3.05) is 0 Å². The van der Waals surface area contributed by atoms with Crippen molar-refractivity contribution in [3.63, 3.8) is 0 Å². The van der Waals surface area contributed by atoms with E-state index in [0.717, 1.165) is 0 Å². The second kappa shape index (κ2) is 3.00. The number of nitrogens with zero attached hydrogens (tertiary/aromatic N) is 2. The van der Waals surface area contributed by atoms with Gasteiger partial charge in [0.1, 0.15) is 10.9 Å². The molecule has 0 atom stereocenters. The maximum Gasteiger partial charge on any atom is 0.399 e. The molecule has 0 unspecified atom stereocenters. The zero-order chi connectivity index (χ0) is 12.3. The molecule has 1 fully saturated rings. The van der Waals surface area contributed by atoms with E-state index < -0.39 is 11.6 Å². The molecule has 0 amide bonds. The summed E-state index contributed by atoms with van der Waals surface area (Å²) in [6.45, 7) is 1.75. The highest BCUT2D eigenvalue weighted by Crippen LogP contribution is 2.58. The molecule has 1 saturated carbocycles. The molecule has 0 spiro atoms. The molecule has 0 radical (unpaired) electrons. The molecule has 2 aromatic rings. The Morgan fingerprint density at radius 3 is 2.65 bits per heavy atom. The molecule has 0 saturated heterocycles. The number of aryl methyl sites for hydroxylation is 1. The molecule has 3 rings (SSSR count). The molecule has 2 aromatic heterocycles. The molecule has 6 heteroatoms. The summed E-state index contributed by atoms with van der Waals surface area (Å²) in [5.41, 5.74) is 0.0912. The first kappa shape index (κ1) is 10.6. The second-order valence-electron chi connectivity index (χ2n) is 4.51. The van der Waals surface area contributed by atoms with Gasteiger partial charge in [-0.05, 0) is 25.8 Å². The SMILES string of the molecule is Cc1cnc2cc(C3(C(F)(F)F)CC3)[nH]c2n1. The minimum atomic E-state index is -4.21. The Bertz CT molecular complexity index is 581. The van der Waals surface area contributed by atoms with Gasteiger partial charge in [0.25, 0.3) is 0 Å². The lowest BCUT2D eigenvalue weighted by Crippen LogP contribution is -2.28. The molecular formula is C11H10F3N3. The van der Waals surface area contributed by atoms with Crippen LogP contribution < -0.4 is 0 Å². The third-order valence-electron chi connectivity index (χ3n) is 3.26. The van der Waals surface area contributed by atoms with Crippen molar-refractivity contribution >= 4 is 11.2 Å². The molecule has 0 aliphatic heterocycles. The van der Waals surface area contributed by atoms with E-state index in [0.29, 0.717) is 16.9 Å². The van der Waals surface area contributed by atoms with Crippen LogP contribution >= 0.6 is 0 Å². The number of halogens is 3. The average Bonchev–Trinajstić information content (AvgIpc) is 2.94. The summed E-state index contributed by atoms with van der Waals surface area (Å²) in [6.07, 6.45) is -2.37. The van der Waals surface area contributed by atoms with Crippen LogP contribution in [-0.2, 0) is 5.41 Å². The average molecular weight is 241 g/mol. The molecule has 1 aliphatic carbocycles. The van der Waals surface area contributed by atoms with Crippen LogP contribution in [0.1, 0.15) is 24.2 Å². The van der Waals surface area contributed by atoms with Crippen molar-refractivity contribution in [2.24, 2.45) is 0 Å². The number of rotatable bonds is 1. The quantitative estimate of drug-likeness (QED) is 0.834. The fourth-order valence-corrected chi connectivity index (χ4v) is 2.07. The first-order chi connectivity index (χ1) is 7.92. The zero-order valence-corrected chi connectivity index (χ0v) is 9.10. The second-order valence-corrected chi connectivity index (χ2v) is 4.51. The summed E-state index contributed by atoms with van der Waals surface area (Å²) in [6, 6.07) is 1.46. The van der Waals surface area contributed by atoms with Crippen LogP contribution in [0, 0.1) is 6.92 Å². The van der Waals surface area contributed by atoms with Crippen LogP contribution in [-0.4, -0.2) is 21.1 Å². The van der Waals surface area contributed by atoms with Crippen LogP contribution in [0.25, 0.3) is 11.2 Å². The fraction of sp³-hybridized carbons (Fsp3) is 0.455. The fourth-order valence-electron chi connectivity index (χ4n) is 2.07. The maximum atomic E-state index is 12.9. The Labute approximate surface area is 95.1 Å². The standard InChI is InChI=1S/C11H10F3N3/c1-6-5-15-7-4-8(17-9(7)16-6)10(2-3-10)11(12,13)14/h4-5H,2-3H2,1H3,(H,16,17). The molecule has 1 N–H and O–H groups in total. The van der Waals surface area contributed by atoms with Gasteiger partial charge in [0.05, 0.1) is 5.69 Å². The number of aromatic nitrogens is 3. The van der Waals surface area contributed by atoms with Gasteiger partial charge < -0.3 is 4.98 Å².